The van der Waals surface area contributed by atoms with Crippen molar-refractivity contribution < 1.29 is 5.11 Å². The van der Waals surface area contributed by atoms with Crippen molar-refractivity contribution in [2.24, 2.45) is 0 Å². The monoisotopic (exact) mass is 172 g/mol. The fraction of sp³-hybridized carbons (Fsp3) is 0. The van der Waals surface area contributed by atoms with Gasteiger partial charge in [-0.05, 0) is 29.8 Å². The Hall–Kier alpha value is -2.01. The molecule has 0 aliphatic heterocycles. The minimum atomic E-state index is -0.402. The lowest BCUT2D eigenvalue weighted by atomic mass is 10.2. The van der Waals surface area contributed by atoms with Gasteiger partial charge in [0.1, 0.15) is 0 Å². The molecule has 1 N–H and O–H groups in total. The molecule has 0 atom stereocenters. The Kier molecular flexibility index (Phi) is 2.88. The Morgan fingerprint density at radius 2 is 2.00 bits per heavy atom. The number of allylic oxidation sites excluding steroid dienone is 1. The van der Waals surface area contributed by atoms with Crippen LogP contribution in [0.15, 0.2) is 35.1 Å². The van der Waals surface area contributed by atoms with E-state index in [2.05, 4.69) is 5.92 Å². The largest absolute Gasteiger partial charge is 0.504 e. The molecule has 0 amide bonds. The van der Waals surface area contributed by atoms with Crippen molar-refractivity contribution >= 4 is 6.08 Å². The van der Waals surface area contributed by atoms with Crippen molar-refractivity contribution in [2.45, 2.75) is 0 Å². The van der Waals surface area contributed by atoms with Gasteiger partial charge in [0.25, 0.3) is 0 Å². The molecule has 0 aliphatic rings. The van der Waals surface area contributed by atoms with Crippen LogP contribution >= 0.6 is 0 Å². The molecule has 0 saturated heterocycles. The first-order chi connectivity index (χ1) is 6.24. The van der Waals surface area contributed by atoms with Crippen molar-refractivity contribution in [3.05, 3.63) is 46.1 Å². The summed E-state index contributed by atoms with van der Waals surface area (Å²) < 4.78 is 0. The van der Waals surface area contributed by atoms with E-state index in [4.69, 9.17) is 11.5 Å². The predicted octanol–water partition coefficient (Wildman–Crippen LogP) is 1.40. The van der Waals surface area contributed by atoms with E-state index in [1.807, 2.05) is 0 Å². The lowest BCUT2D eigenvalue weighted by molar-refractivity contribution is 0.471. The quantitative estimate of drug-likeness (QED) is 0.650. The summed E-state index contributed by atoms with van der Waals surface area (Å²) in [4.78, 5) is 10.9. The number of rotatable bonds is 1. The zero-order valence-corrected chi connectivity index (χ0v) is 6.90. The van der Waals surface area contributed by atoms with E-state index in [1.165, 1.54) is 18.2 Å². The fourth-order valence-electron chi connectivity index (χ4n) is 0.826. The average molecular weight is 172 g/mol. The van der Waals surface area contributed by atoms with E-state index in [0.717, 1.165) is 5.56 Å². The Bertz CT molecular complexity index is 425. The predicted molar refractivity (Wildman–Crippen MR) is 52.2 cm³/mol. The van der Waals surface area contributed by atoms with Crippen molar-refractivity contribution in [3.63, 3.8) is 0 Å². The van der Waals surface area contributed by atoms with Gasteiger partial charge in [-0.3, -0.25) is 4.79 Å². The van der Waals surface area contributed by atoms with Crippen molar-refractivity contribution in [3.8, 4) is 18.1 Å². The minimum absolute atomic E-state index is 0.264. The SMILES string of the molecule is C#C/C=C/c1ccc(O)c(=O)cc1. The maximum absolute atomic E-state index is 10.9. The van der Waals surface area contributed by atoms with Crippen molar-refractivity contribution in [1.82, 2.24) is 0 Å². The van der Waals surface area contributed by atoms with Crippen LogP contribution < -0.4 is 5.43 Å². The first kappa shape index (κ1) is 9.08. The summed E-state index contributed by atoms with van der Waals surface area (Å²) in [7, 11) is 0. The molecule has 64 valence electrons. The van der Waals surface area contributed by atoms with Crippen LogP contribution in [-0.2, 0) is 0 Å². The molecule has 0 unspecified atom stereocenters. The van der Waals surface area contributed by atoms with E-state index >= 15 is 0 Å². The van der Waals surface area contributed by atoms with Crippen LogP contribution in [0.1, 0.15) is 5.56 Å². The van der Waals surface area contributed by atoms with Gasteiger partial charge in [0.2, 0.25) is 5.43 Å². The summed E-state index contributed by atoms with van der Waals surface area (Å²) in [5.41, 5.74) is 0.371. The highest BCUT2D eigenvalue weighted by molar-refractivity contribution is 5.52. The second kappa shape index (κ2) is 4.13. The molecule has 13 heavy (non-hydrogen) atoms. The van der Waals surface area contributed by atoms with E-state index in [-0.39, 0.29) is 5.75 Å². The van der Waals surface area contributed by atoms with Crippen LogP contribution in [0.3, 0.4) is 0 Å². The molecule has 0 bridgehead atoms. The standard InChI is InChI=1S/C11H8O2/c1-2-3-4-9-5-7-10(12)11(13)8-6-9/h1,3-8H,(H,12,13)/b4-3+. The van der Waals surface area contributed by atoms with E-state index in [9.17, 15) is 4.79 Å². The maximum atomic E-state index is 10.9. The van der Waals surface area contributed by atoms with Gasteiger partial charge in [-0.2, -0.15) is 0 Å². The minimum Gasteiger partial charge on any atom is -0.504 e. The second-order valence-electron chi connectivity index (χ2n) is 2.42. The molecule has 2 heteroatoms. The highest BCUT2D eigenvalue weighted by atomic mass is 16.3. The van der Waals surface area contributed by atoms with Gasteiger partial charge in [-0.15, -0.1) is 6.42 Å². The topological polar surface area (TPSA) is 37.3 Å². The average Bonchev–Trinajstić information content (AvgIpc) is 2.29. The molecule has 1 aromatic rings. The molecule has 1 rings (SSSR count). The van der Waals surface area contributed by atoms with Gasteiger partial charge in [-0.25, -0.2) is 0 Å². The summed E-state index contributed by atoms with van der Waals surface area (Å²) in [5, 5.41) is 9.05. The molecule has 0 spiro atoms. The van der Waals surface area contributed by atoms with E-state index in [1.54, 1.807) is 18.2 Å². The van der Waals surface area contributed by atoms with Crippen LogP contribution in [0.5, 0.6) is 5.75 Å². The molecular formula is C11H8O2. The van der Waals surface area contributed by atoms with Crippen LogP contribution in [0, 0.1) is 12.3 Å². The molecule has 0 heterocycles. The van der Waals surface area contributed by atoms with Crippen LogP contribution in [-0.4, -0.2) is 5.11 Å². The van der Waals surface area contributed by atoms with Gasteiger partial charge in [-0.1, -0.05) is 18.1 Å². The number of terminal acetylenes is 1. The van der Waals surface area contributed by atoms with Gasteiger partial charge in [0.15, 0.2) is 5.75 Å². The van der Waals surface area contributed by atoms with Gasteiger partial charge in [0, 0.05) is 0 Å². The fourth-order valence-corrected chi connectivity index (χ4v) is 0.826. The molecule has 0 saturated carbocycles. The molecule has 0 radical (unpaired) electrons. The third-order valence-electron chi connectivity index (χ3n) is 1.49. The highest BCUT2D eigenvalue weighted by Gasteiger charge is 1.90. The smallest absolute Gasteiger partial charge is 0.220 e. The summed E-state index contributed by atoms with van der Waals surface area (Å²) in [5.74, 6) is 2.07. The molecule has 0 fully saturated rings. The number of hydrogen-bond donors (Lipinski definition) is 1. The molecule has 0 aliphatic carbocycles. The third kappa shape index (κ3) is 2.49. The first-order valence-corrected chi connectivity index (χ1v) is 3.70. The first-order valence-electron chi connectivity index (χ1n) is 3.70. The normalized spacial score (nSPS) is 9.77. The summed E-state index contributed by atoms with van der Waals surface area (Å²) in [6.45, 7) is 0. The number of aromatic hydroxyl groups is 1. The Morgan fingerprint density at radius 1 is 1.31 bits per heavy atom. The lowest BCUT2D eigenvalue weighted by Crippen LogP contribution is -1.91. The maximum Gasteiger partial charge on any atom is 0.220 e. The summed E-state index contributed by atoms with van der Waals surface area (Å²) >= 11 is 0. The zero-order valence-electron chi connectivity index (χ0n) is 6.90. The zero-order chi connectivity index (χ0) is 9.68. The van der Waals surface area contributed by atoms with Crippen molar-refractivity contribution in [1.29, 1.82) is 0 Å². The second-order valence-corrected chi connectivity index (χ2v) is 2.42. The summed E-state index contributed by atoms with van der Waals surface area (Å²) in [6, 6.07) is 5.85. The van der Waals surface area contributed by atoms with Crippen LogP contribution in [0.4, 0.5) is 0 Å². The van der Waals surface area contributed by atoms with Crippen LogP contribution in [0.25, 0.3) is 6.08 Å². The lowest BCUT2D eigenvalue weighted by Gasteiger charge is -1.81. The third-order valence-corrected chi connectivity index (χ3v) is 1.49. The summed E-state index contributed by atoms with van der Waals surface area (Å²) in [6.07, 6.45) is 8.22. The Morgan fingerprint density at radius 3 is 2.69 bits per heavy atom. The number of hydrogen-bond acceptors (Lipinski definition) is 2. The highest BCUT2D eigenvalue weighted by Crippen LogP contribution is 2.03. The van der Waals surface area contributed by atoms with Gasteiger partial charge in [0.05, 0.1) is 0 Å². The molecular weight excluding hydrogens is 164 g/mol. The molecule has 0 aromatic heterocycles. The van der Waals surface area contributed by atoms with Gasteiger partial charge >= 0.3 is 0 Å². The van der Waals surface area contributed by atoms with Crippen molar-refractivity contribution in [2.75, 3.05) is 0 Å². The van der Waals surface area contributed by atoms with Crippen LogP contribution in [0.2, 0.25) is 0 Å². The Labute approximate surface area is 76.2 Å². The van der Waals surface area contributed by atoms with E-state index < -0.39 is 5.43 Å². The Balaban J connectivity index is 3.18. The van der Waals surface area contributed by atoms with E-state index in [0.29, 0.717) is 0 Å². The van der Waals surface area contributed by atoms with Gasteiger partial charge < -0.3 is 5.11 Å². The molecule has 2 nitrogen and oxygen atoms in total. The molecule has 1 aromatic carbocycles.